The van der Waals surface area contributed by atoms with Crippen LogP contribution in [0.5, 0.6) is 0 Å². The van der Waals surface area contributed by atoms with Crippen molar-refractivity contribution in [2.75, 3.05) is 6.61 Å². The molecule has 0 unspecified atom stereocenters. The summed E-state index contributed by atoms with van der Waals surface area (Å²) in [6.45, 7) is -0.534. The highest BCUT2D eigenvalue weighted by Crippen LogP contribution is 2.36. The molecular formula is C22H20N2O4S. The summed E-state index contributed by atoms with van der Waals surface area (Å²) >= 11 is 1.34. The van der Waals surface area contributed by atoms with E-state index in [0.717, 1.165) is 10.5 Å². The van der Waals surface area contributed by atoms with Crippen LogP contribution in [0.15, 0.2) is 83.9 Å². The van der Waals surface area contributed by atoms with Gasteiger partial charge >= 0.3 is 5.97 Å². The van der Waals surface area contributed by atoms with Gasteiger partial charge in [0, 0.05) is 18.1 Å². The molecule has 148 valence electrons. The summed E-state index contributed by atoms with van der Waals surface area (Å²) in [5, 5.41) is 1.59. The van der Waals surface area contributed by atoms with Crippen molar-refractivity contribution in [1.29, 1.82) is 0 Å². The molecular weight excluding hydrogens is 388 g/mol. The summed E-state index contributed by atoms with van der Waals surface area (Å²) in [7, 11) is 1.70. The first-order valence-corrected chi connectivity index (χ1v) is 9.81. The lowest BCUT2D eigenvalue weighted by Crippen LogP contribution is -2.35. The Morgan fingerprint density at radius 1 is 0.966 bits per heavy atom. The summed E-state index contributed by atoms with van der Waals surface area (Å²) in [6, 6.07) is 22.0. The molecule has 2 amide bonds. The Balaban J connectivity index is 1.63. The van der Waals surface area contributed by atoms with Crippen LogP contribution in [0.3, 0.4) is 0 Å². The molecule has 0 aliphatic rings. The topological polar surface area (TPSA) is 77.4 Å². The van der Waals surface area contributed by atoms with Gasteiger partial charge in [-0.1, -0.05) is 48.5 Å². The average molecular weight is 408 g/mol. The third-order valence-corrected chi connectivity index (χ3v) is 5.33. The predicted molar refractivity (Wildman–Crippen MR) is 110 cm³/mol. The Morgan fingerprint density at radius 3 is 2.24 bits per heavy atom. The van der Waals surface area contributed by atoms with Crippen LogP contribution >= 0.6 is 11.8 Å². The number of aryl methyl sites for hydroxylation is 1. The molecule has 0 aliphatic carbocycles. The molecule has 0 saturated heterocycles. The number of benzene rings is 2. The minimum absolute atomic E-state index is 0.339. The number of carbonyl (C=O) groups excluding carboxylic acids is 3. The Kier molecular flexibility index (Phi) is 6.86. The molecule has 1 atom stereocenters. The minimum atomic E-state index is -0.680. The Hall–Kier alpha value is -3.32. The van der Waals surface area contributed by atoms with E-state index in [0.29, 0.717) is 5.69 Å². The second-order valence-corrected chi connectivity index (χ2v) is 7.39. The number of amides is 2. The quantitative estimate of drug-likeness (QED) is 0.479. The van der Waals surface area contributed by atoms with Crippen molar-refractivity contribution < 1.29 is 19.1 Å². The molecule has 29 heavy (non-hydrogen) atoms. The van der Waals surface area contributed by atoms with Crippen LogP contribution in [0.2, 0.25) is 0 Å². The predicted octanol–water partition coefficient (Wildman–Crippen LogP) is 3.36. The number of aromatic nitrogens is 1. The zero-order chi connectivity index (χ0) is 20.6. The number of ether oxygens (including phenoxy) is 1. The summed E-state index contributed by atoms with van der Waals surface area (Å²) in [4.78, 5) is 37.8. The van der Waals surface area contributed by atoms with Gasteiger partial charge in [-0.25, -0.2) is 0 Å². The molecule has 0 bridgehead atoms. The van der Waals surface area contributed by atoms with Gasteiger partial charge in [-0.2, -0.15) is 0 Å². The van der Waals surface area contributed by atoms with Gasteiger partial charge in [-0.05, 0) is 29.8 Å². The highest BCUT2D eigenvalue weighted by Gasteiger charge is 2.24. The first kappa shape index (κ1) is 20.4. The monoisotopic (exact) mass is 408 g/mol. The van der Waals surface area contributed by atoms with Crippen LogP contribution in [-0.4, -0.2) is 29.0 Å². The number of nitrogens with zero attached hydrogens (tertiary/aromatic N) is 1. The second-order valence-electron chi connectivity index (χ2n) is 6.21. The lowest BCUT2D eigenvalue weighted by Gasteiger charge is -2.16. The van der Waals surface area contributed by atoms with Gasteiger partial charge in [0.25, 0.3) is 11.8 Å². The van der Waals surface area contributed by atoms with Gasteiger partial charge in [0.15, 0.2) is 6.61 Å². The summed E-state index contributed by atoms with van der Waals surface area (Å²) in [5.74, 6) is -1.77. The maximum absolute atomic E-state index is 12.7. The van der Waals surface area contributed by atoms with Crippen molar-refractivity contribution in [3.05, 3.63) is 90.3 Å². The fourth-order valence-corrected chi connectivity index (χ4v) is 3.70. The fraction of sp³-hybridized carbons (Fsp3) is 0.136. The summed E-state index contributed by atoms with van der Waals surface area (Å²) in [5.41, 5.74) is 1.11. The molecule has 1 N–H and O–H groups in total. The van der Waals surface area contributed by atoms with Crippen LogP contribution in [0.1, 0.15) is 21.3 Å². The maximum Gasteiger partial charge on any atom is 0.324 e. The number of thioether (sulfide) groups is 1. The number of nitrogens with one attached hydrogen (secondary N) is 1. The van der Waals surface area contributed by atoms with E-state index < -0.39 is 29.6 Å². The number of rotatable bonds is 7. The number of hydrogen-bond donors (Lipinski definition) is 1. The molecule has 0 aliphatic heterocycles. The van der Waals surface area contributed by atoms with E-state index in [-0.39, 0.29) is 0 Å². The van der Waals surface area contributed by atoms with Gasteiger partial charge < -0.3 is 9.30 Å². The van der Waals surface area contributed by atoms with Crippen LogP contribution in [0.4, 0.5) is 0 Å². The van der Waals surface area contributed by atoms with Crippen LogP contribution in [-0.2, 0) is 21.4 Å². The van der Waals surface area contributed by atoms with Crippen molar-refractivity contribution >= 4 is 29.5 Å². The Labute approximate surface area is 172 Å². The maximum atomic E-state index is 12.7. The zero-order valence-electron chi connectivity index (χ0n) is 15.8. The SMILES string of the molecule is Cn1cccc1C(=O)NC(=O)COC(=O)[C@@H](Sc1ccccc1)c1ccccc1. The largest absolute Gasteiger partial charge is 0.454 e. The number of esters is 1. The Bertz CT molecular complexity index is 986. The standard InChI is InChI=1S/C22H20N2O4S/c1-24-14-8-13-18(24)21(26)23-19(25)15-28-22(27)20(16-9-4-2-5-10-16)29-17-11-6-3-7-12-17/h2-14,20H,15H2,1H3,(H,23,25,26)/t20-/m0/s1. The van der Waals surface area contributed by atoms with Crippen molar-refractivity contribution in [3.8, 4) is 0 Å². The molecule has 1 heterocycles. The highest BCUT2D eigenvalue weighted by molar-refractivity contribution is 8.00. The van der Waals surface area contributed by atoms with Gasteiger partial charge in [-0.3, -0.25) is 19.7 Å². The van der Waals surface area contributed by atoms with Crippen LogP contribution in [0.25, 0.3) is 0 Å². The van der Waals surface area contributed by atoms with Gasteiger partial charge in [0.05, 0.1) is 0 Å². The normalized spacial score (nSPS) is 11.5. The second kappa shape index (κ2) is 9.75. The zero-order valence-corrected chi connectivity index (χ0v) is 16.6. The van der Waals surface area contributed by atoms with Crippen molar-refractivity contribution in [2.45, 2.75) is 10.1 Å². The molecule has 0 radical (unpaired) electrons. The molecule has 1 aromatic heterocycles. The molecule has 0 saturated carbocycles. The summed E-state index contributed by atoms with van der Waals surface area (Å²) < 4.78 is 6.80. The lowest BCUT2D eigenvalue weighted by atomic mass is 10.1. The van der Waals surface area contributed by atoms with Crippen LogP contribution < -0.4 is 5.32 Å². The lowest BCUT2D eigenvalue weighted by molar-refractivity contribution is -0.147. The van der Waals surface area contributed by atoms with E-state index in [1.165, 1.54) is 11.8 Å². The van der Waals surface area contributed by atoms with E-state index in [1.807, 2.05) is 60.7 Å². The van der Waals surface area contributed by atoms with E-state index in [2.05, 4.69) is 5.32 Å². The number of imide groups is 1. The van der Waals surface area contributed by atoms with E-state index in [9.17, 15) is 14.4 Å². The molecule has 2 aromatic carbocycles. The number of hydrogen-bond acceptors (Lipinski definition) is 5. The van der Waals surface area contributed by atoms with Crippen molar-refractivity contribution in [1.82, 2.24) is 9.88 Å². The van der Waals surface area contributed by atoms with E-state index in [4.69, 9.17) is 4.74 Å². The number of carbonyl (C=O) groups is 3. The van der Waals surface area contributed by atoms with E-state index in [1.54, 1.807) is 29.9 Å². The summed E-state index contributed by atoms with van der Waals surface area (Å²) in [6.07, 6.45) is 1.70. The van der Waals surface area contributed by atoms with Gasteiger partial charge in [0.1, 0.15) is 10.9 Å². The average Bonchev–Trinajstić information content (AvgIpc) is 3.17. The molecule has 6 nitrogen and oxygen atoms in total. The van der Waals surface area contributed by atoms with Crippen molar-refractivity contribution in [2.24, 2.45) is 7.05 Å². The smallest absolute Gasteiger partial charge is 0.324 e. The molecule has 3 aromatic rings. The third-order valence-electron chi connectivity index (χ3n) is 4.09. The first-order valence-electron chi connectivity index (χ1n) is 8.93. The Morgan fingerprint density at radius 2 is 1.62 bits per heavy atom. The van der Waals surface area contributed by atoms with Crippen molar-refractivity contribution in [3.63, 3.8) is 0 Å². The minimum Gasteiger partial charge on any atom is -0.454 e. The van der Waals surface area contributed by atoms with Crippen LogP contribution in [0, 0.1) is 0 Å². The molecule has 0 spiro atoms. The van der Waals surface area contributed by atoms with Gasteiger partial charge in [-0.15, -0.1) is 11.8 Å². The first-order chi connectivity index (χ1) is 14.0. The molecule has 3 rings (SSSR count). The third kappa shape index (κ3) is 5.58. The highest BCUT2D eigenvalue weighted by atomic mass is 32.2. The molecule has 7 heteroatoms. The molecule has 0 fully saturated rings. The van der Waals surface area contributed by atoms with E-state index >= 15 is 0 Å². The fourth-order valence-electron chi connectivity index (χ4n) is 2.65. The van der Waals surface area contributed by atoms with Gasteiger partial charge in [0.2, 0.25) is 0 Å².